The van der Waals surface area contributed by atoms with E-state index in [1.807, 2.05) is 19.1 Å². The Morgan fingerprint density at radius 3 is 2.88 bits per heavy atom. The van der Waals surface area contributed by atoms with Gasteiger partial charge in [-0.3, -0.25) is 9.79 Å². The fourth-order valence-corrected chi connectivity index (χ4v) is 3.56. The number of hydrogen-bond acceptors (Lipinski definition) is 3. The summed E-state index contributed by atoms with van der Waals surface area (Å²) in [5.41, 5.74) is 0.762. The molecule has 0 amide bonds. The van der Waals surface area contributed by atoms with E-state index in [0.29, 0.717) is 13.2 Å². The molecule has 1 aliphatic heterocycles. The second-order valence-corrected chi connectivity index (χ2v) is 6.70. The van der Waals surface area contributed by atoms with Crippen LogP contribution in [0.5, 0.6) is 0 Å². The van der Waals surface area contributed by atoms with E-state index in [2.05, 4.69) is 15.2 Å². The van der Waals surface area contributed by atoms with Crippen molar-refractivity contribution in [3.63, 3.8) is 0 Å². The van der Waals surface area contributed by atoms with Crippen molar-refractivity contribution in [2.45, 2.75) is 38.1 Å². The van der Waals surface area contributed by atoms with Crippen LogP contribution in [0.3, 0.4) is 0 Å². The van der Waals surface area contributed by atoms with Crippen molar-refractivity contribution < 1.29 is 13.9 Å². The van der Waals surface area contributed by atoms with Gasteiger partial charge in [-0.1, -0.05) is 18.2 Å². The molecule has 3 rings (SSSR count). The number of piperidine rings is 1. The lowest BCUT2D eigenvalue weighted by Gasteiger charge is -2.34. The molecule has 2 aliphatic rings. The molecule has 1 N–H and O–H groups in total. The standard InChI is InChI=1S/C19H26FN3O2.HI/c1-3-25-18(24)13-7-6-10-23(12-13)19(21-2)22-17-11-15(17)14-8-4-5-9-16(14)20;/h4-5,8-9,13,15,17H,3,6-7,10-12H2,1-2H3,(H,21,22);1H. The van der Waals surface area contributed by atoms with Gasteiger partial charge in [0.2, 0.25) is 0 Å². The second-order valence-electron chi connectivity index (χ2n) is 6.70. The first-order valence-corrected chi connectivity index (χ1v) is 9.03. The van der Waals surface area contributed by atoms with E-state index in [-0.39, 0.29) is 53.6 Å². The van der Waals surface area contributed by atoms with Crippen molar-refractivity contribution in [3.8, 4) is 0 Å². The molecule has 1 aromatic rings. The molecule has 26 heavy (non-hydrogen) atoms. The molecule has 144 valence electrons. The molecule has 0 aromatic heterocycles. The fraction of sp³-hybridized carbons (Fsp3) is 0.579. The van der Waals surface area contributed by atoms with Gasteiger partial charge in [-0.15, -0.1) is 24.0 Å². The maximum atomic E-state index is 13.9. The largest absolute Gasteiger partial charge is 0.466 e. The topological polar surface area (TPSA) is 53.9 Å². The van der Waals surface area contributed by atoms with Crippen LogP contribution in [0, 0.1) is 11.7 Å². The fourth-order valence-electron chi connectivity index (χ4n) is 3.56. The number of rotatable bonds is 4. The van der Waals surface area contributed by atoms with Crippen molar-refractivity contribution in [2.24, 2.45) is 10.9 Å². The van der Waals surface area contributed by atoms with Crippen molar-refractivity contribution in [3.05, 3.63) is 35.6 Å². The summed E-state index contributed by atoms with van der Waals surface area (Å²) in [5, 5.41) is 3.43. The summed E-state index contributed by atoms with van der Waals surface area (Å²) in [7, 11) is 1.75. The monoisotopic (exact) mass is 475 g/mol. The molecule has 0 spiro atoms. The van der Waals surface area contributed by atoms with Crippen molar-refractivity contribution in [1.29, 1.82) is 0 Å². The first-order valence-electron chi connectivity index (χ1n) is 9.03. The van der Waals surface area contributed by atoms with E-state index in [9.17, 15) is 9.18 Å². The lowest BCUT2D eigenvalue weighted by Crippen LogP contribution is -2.49. The number of likely N-dealkylation sites (tertiary alicyclic amines) is 1. The second kappa shape index (κ2) is 9.53. The average molecular weight is 475 g/mol. The summed E-state index contributed by atoms with van der Waals surface area (Å²) in [6.45, 7) is 3.73. The van der Waals surface area contributed by atoms with Gasteiger partial charge < -0.3 is 15.0 Å². The van der Waals surface area contributed by atoms with Crippen LogP contribution in [0.4, 0.5) is 4.39 Å². The molecule has 1 aromatic carbocycles. The number of esters is 1. The van der Waals surface area contributed by atoms with E-state index in [1.165, 1.54) is 6.07 Å². The van der Waals surface area contributed by atoms with Gasteiger partial charge in [0.25, 0.3) is 0 Å². The van der Waals surface area contributed by atoms with Gasteiger partial charge in [-0.2, -0.15) is 0 Å². The molecule has 0 bridgehead atoms. The van der Waals surface area contributed by atoms with Gasteiger partial charge in [-0.05, 0) is 37.8 Å². The van der Waals surface area contributed by atoms with Crippen LogP contribution in [0.2, 0.25) is 0 Å². The predicted octanol–water partition coefficient (Wildman–Crippen LogP) is 3.15. The van der Waals surface area contributed by atoms with Crippen LogP contribution in [0.15, 0.2) is 29.3 Å². The Kier molecular flexibility index (Phi) is 7.67. The number of ether oxygens (including phenoxy) is 1. The van der Waals surface area contributed by atoms with Crippen molar-refractivity contribution in [2.75, 3.05) is 26.7 Å². The summed E-state index contributed by atoms with van der Waals surface area (Å²) < 4.78 is 19.1. The zero-order valence-electron chi connectivity index (χ0n) is 15.3. The molecular formula is C19H27FIN3O2. The van der Waals surface area contributed by atoms with E-state index in [4.69, 9.17) is 4.74 Å². The Bertz CT molecular complexity index is 655. The summed E-state index contributed by atoms with van der Waals surface area (Å²) in [4.78, 5) is 18.5. The molecule has 7 heteroatoms. The Labute approximate surface area is 171 Å². The molecule has 0 radical (unpaired) electrons. The lowest BCUT2D eigenvalue weighted by atomic mass is 9.98. The number of halogens is 2. The maximum absolute atomic E-state index is 13.9. The predicted molar refractivity (Wildman–Crippen MR) is 110 cm³/mol. The Hall–Kier alpha value is -1.38. The van der Waals surface area contributed by atoms with Gasteiger partial charge in [0.1, 0.15) is 5.82 Å². The van der Waals surface area contributed by atoms with Gasteiger partial charge >= 0.3 is 5.97 Å². The Morgan fingerprint density at radius 2 is 2.19 bits per heavy atom. The normalized spacial score (nSPS) is 25.3. The highest BCUT2D eigenvalue weighted by Crippen LogP contribution is 2.42. The van der Waals surface area contributed by atoms with Crippen LogP contribution in [-0.4, -0.2) is 49.6 Å². The summed E-state index contributed by atoms with van der Waals surface area (Å²) >= 11 is 0. The highest BCUT2D eigenvalue weighted by atomic mass is 127. The van der Waals surface area contributed by atoms with Gasteiger partial charge in [-0.25, -0.2) is 4.39 Å². The minimum atomic E-state index is -0.146. The lowest BCUT2D eigenvalue weighted by molar-refractivity contribution is -0.149. The molecule has 1 aliphatic carbocycles. The molecule has 2 fully saturated rings. The zero-order chi connectivity index (χ0) is 17.8. The summed E-state index contributed by atoms with van der Waals surface area (Å²) in [5.74, 6) is 0.598. The van der Waals surface area contributed by atoms with E-state index >= 15 is 0 Å². The van der Waals surface area contributed by atoms with E-state index in [1.54, 1.807) is 13.1 Å². The maximum Gasteiger partial charge on any atom is 0.310 e. The summed E-state index contributed by atoms with van der Waals surface area (Å²) in [6.07, 6.45) is 2.69. The third-order valence-corrected chi connectivity index (χ3v) is 4.96. The molecular weight excluding hydrogens is 448 g/mol. The van der Waals surface area contributed by atoms with Gasteiger partial charge in [0.05, 0.1) is 12.5 Å². The number of carbonyl (C=O) groups excluding carboxylic acids is 1. The quantitative estimate of drug-likeness (QED) is 0.315. The molecule has 3 unspecified atom stereocenters. The third kappa shape index (κ3) is 4.86. The van der Waals surface area contributed by atoms with Crippen LogP contribution >= 0.6 is 24.0 Å². The van der Waals surface area contributed by atoms with E-state index < -0.39 is 0 Å². The average Bonchev–Trinajstić information content (AvgIpc) is 3.39. The molecule has 1 saturated heterocycles. The van der Waals surface area contributed by atoms with Crippen LogP contribution < -0.4 is 5.32 Å². The number of carbonyl (C=O) groups is 1. The zero-order valence-corrected chi connectivity index (χ0v) is 17.6. The molecule has 3 atom stereocenters. The van der Waals surface area contributed by atoms with Gasteiger partial charge in [0, 0.05) is 32.1 Å². The minimum Gasteiger partial charge on any atom is -0.466 e. The number of guanidine groups is 1. The van der Waals surface area contributed by atoms with Crippen LogP contribution in [0.1, 0.15) is 37.7 Å². The first-order chi connectivity index (χ1) is 12.1. The Balaban J connectivity index is 0.00000243. The molecule has 1 saturated carbocycles. The van der Waals surface area contributed by atoms with Crippen molar-refractivity contribution >= 4 is 35.9 Å². The van der Waals surface area contributed by atoms with Crippen molar-refractivity contribution in [1.82, 2.24) is 10.2 Å². The third-order valence-electron chi connectivity index (χ3n) is 4.96. The summed E-state index contributed by atoms with van der Waals surface area (Å²) in [6, 6.07) is 7.14. The number of aliphatic imine (C=N–C) groups is 1. The molecule has 1 heterocycles. The smallest absolute Gasteiger partial charge is 0.310 e. The van der Waals surface area contributed by atoms with E-state index in [0.717, 1.165) is 37.3 Å². The number of benzene rings is 1. The molecule has 5 nitrogen and oxygen atoms in total. The SMILES string of the molecule is CCOC(=O)C1CCCN(C(=NC)NC2CC2c2ccccc2F)C1.I. The van der Waals surface area contributed by atoms with Crippen LogP contribution in [0.25, 0.3) is 0 Å². The minimum absolute atomic E-state index is 0. The highest BCUT2D eigenvalue weighted by molar-refractivity contribution is 14.0. The number of nitrogens with one attached hydrogen (secondary N) is 1. The number of nitrogens with zero attached hydrogens (tertiary/aromatic N) is 2. The van der Waals surface area contributed by atoms with Crippen LogP contribution in [-0.2, 0) is 9.53 Å². The number of hydrogen-bond donors (Lipinski definition) is 1. The highest BCUT2D eigenvalue weighted by Gasteiger charge is 2.41. The Morgan fingerprint density at radius 1 is 1.42 bits per heavy atom. The van der Waals surface area contributed by atoms with Gasteiger partial charge in [0.15, 0.2) is 5.96 Å². The first kappa shape index (κ1) is 20.9.